The van der Waals surface area contributed by atoms with Gasteiger partial charge < -0.3 is 5.32 Å². The third kappa shape index (κ3) is 3.53. The lowest BCUT2D eigenvalue weighted by molar-refractivity contribution is 0.353. The zero-order valence-electron chi connectivity index (χ0n) is 10.0. The second-order valence-electron chi connectivity index (χ2n) is 4.53. The maximum absolute atomic E-state index is 3.35. The van der Waals surface area contributed by atoms with Gasteiger partial charge in [0.05, 0.1) is 0 Å². The highest BCUT2D eigenvalue weighted by Crippen LogP contribution is 2.32. The first-order chi connectivity index (χ1) is 7.88. The summed E-state index contributed by atoms with van der Waals surface area (Å²) in [5.74, 6) is 2.30. The fourth-order valence-corrected chi connectivity index (χ4v) is 2.94. The normalized spacial score (nSPS) is 16.1. The minimum Gasteiger partial charge on any atom is -0.313 e. The van der Waals surface area contributed by atoms with E-state index in [0.717, 1.165) is 19.0 Å². The molecule has 1 aliphatic carbocycles. The number of thioether (sulfide) groups is 1. The zero-order valence-corrected chi connectivity index (χ0v) is 10.9. The monoisotopic (exact) mass is 235 g/mol. The van der Waals surface area contributed by atoms with Crippen molar-refractivity contribution in [2.75, 3.05) is 12.3 Å². The van der Waals surface area contributed by atoms with Gasteiger partial charge in [0.2, 0.25) is 0 Å². The van der Waals surface area contributed by atoms with Crippen LogP contribution in [0.25, 0.3) is 0 Å². The van der Waals surface area contributed by atoms with Gasteiger partial charge in [-0.15, -0.1) is 11.8 Å². The van der Waals surface area contributed by atoms with E-state index < -0.39 is 0 Å². The van der Waals surface area contributed by atoms with Crippen molar-refractivity contribution in [2.24, 2.45) is 5.92 Å². The Labute approximate surface area is 103 Å². The Morgan fingerprint density at radius 3 is 2.56 bits per heavy atom. The van der Waals surface area contributed by atoms with Gasteiger partial charge in [-0.3, -0.25) is 0 Å². The largest absolute Gasteiger partial charge is 0.313 e. The highest BCUT2D eigenvalue weighted by atomic mass is 32.2. The lowest BCUT2D eigenvalue weighted by atomic mass is 9.87. The van der Waals surface area contributed by atoms with Gasteiger partial charge in [-0.2, -0.15) is 0 Å². The Hall–Kier alpha value is -0.470. The number of rotatable bonds is 6. The molecule has 1 aromatic rings. The average Bonchev–Trinajstić information content (AvgIpc) is 2.26. The standard InChI is InChI=1S/C14H21NS/c1-2-15-10-12-6-8-14(9-7-12)16-11-13-4-3-5-13/h6-9,13,15H,2-5,10-11H2,1H3. The summed E-state index contributed by atoms with van der Waals surface area (Å²) in [7, 11) is 0. The predicted octanol–water partition coefficient (Wildman–Crippen LogP) is 3.69. The third-order valence-corrected chi connectivity index (χ3v) is 4.46. The van der Waals surface area contributed by atoms with Gasteiger partial charge in [0.25, 0.3) is 0 Å². The Morgan fingerprint density at radius 1 is 1.25 bits per heavy atom. The molecule has 16 heavy (non-hydrogen) atoms. The topological polar surface area (TPSA) is 12.0 Å². The van der Waals surface area contributed by atoms with E-state index in [4.69, 9.17) is 0 Å². The Morgan fingerprint density at radius 2 is 2.00 bits per heavy atom. The number of hydrogen-bond donors (Lipinski definition) is 1. The molecule has 1 aromatic carbocycles. The van der Waals surface area contributed by atoms with Crippen LogP contribution < -0.4 is 5.32 Å². The van der Waals surface area contributed by atoms with Crippen molar-refractivity contribution in [1.82, 2.24) is 5.32 Å². The second-order valence-corrected chi connectivity index (χ2v) is 5.63. The number of benzene rings is 1. The molecule has 1 aliphatic rings. The molecule has 1 nitrogen and oxygen atoms in total. The van der Waals surface area contributed by atoms with Crippen LogP contribution in [0.5, 0.6) is 0 Å². The van der Waals surface area contributed by atoms with Gasteiger partial charge in [-0.1, -0.05) is 25.5 Å². The third-order valence-electron chi connectivity index (χ3n) is 3.21. The summed E-state index contributed by atoms with van der Waals surface area (Å²) < 4.78 is 0. The highest BCUT2D eigenvalue weighted by Gasteiger charge is 2.16. The lowest BCUT2D eigenvalue weighted by Crippen LogP contribution is -2.13. The molecule has 1 fully saturated rings. The summed E-state index contributed by atoms with van der Waals surface area (Å²) in [6, 6.07) is 9.00. The quantitative estimate of drug-likeness (QED) is 0.755. The van der Waals surface area contributed by atoms with Gasteiger partial charge in [0, 0.05) is 17.2 Å². The number of hydrogen-bond acceptors (Lipinski definition) is 2. The molecule has 0 heterocycles. The Kier molecular flexibility index (Phi) is 4.73. The molecular formula is C14H21NS. The first-order valence-corrected chi connectivity index (χ1v) is 7.29. The molecule has 0 aliphatic heterocycles. The molecule has 1 N–H and O–H groups in total. The van der Waals surface area contributed by atoms with E-state index in [9.17, 15) is 0 Å². The smallest absolute Gasteiger partial charge is 0.0205 e. The van der Waals surface area contributed by atoms with Crippen LogP contribution >= 0.6 is 11.8 Å². The van der Waals surface area contributed by atoms with E-state index in [1.807, 2.05) is 11.8 Å². The van der Waals surface area contributed by atoms with Crippen LogP contribution in [0.4, 0.5) is 0 Å². The molecule has 0 radical (unpaired) electrons. The summed E-state index contributed by atoms with van der Waals surface area (Å²) in [6.45, 7) is 4.17. The molecule has 0 unspecified atom stereocenters. The molecule has 2 heteroatoms. The fourth-order valence-electron chi connectivity index (χ4n) is 1.85. The van der Waals surface area contributed by atoms with Crippen LogP contribution in [-0.4, -0.2) is 12.3 Å². The molecule has 0 spiro atoms. The lowest BCUT2D eigenvalue weighted by Gasteiger charge is -2.24. The van der Waals surface area contributed by atoms with Crippen molar-refractivity contribution in [3.8, 4) is 0 Å². The van der Waals surface area contributed by atoms with Crippen LogP contribution in [0.2, 0.25) is 0 Å². The Bertz CT molecular complexity index is 303. The first-order valence-electron chi connectivity index (χ1n) is 6.31. The van der Waals surface area contributed by atoms with Gasteiger partial charge in [0.15, 0.2) is 0 Å². The van der Waals surface area contributed by atoms with Crippen LogP contribution in [0.3, 0.4) is 0 Å². The van der Waals surface area contributed by atoms with Gasteiger partial charge in [0.1, 0.15) is 0 Å². The molecular weight excluding hydrogens is 214 g/mol. The van der Waals surface area contributed by atoms with E-state index >= 15 is 0 Å². The van der Waals surface area contributed by atoms with Crippen molar-refractivity contribution in [3.05, 3.63) is 29.8 Å². The van der Waals surface area contributed by atoms with Crippen LogP contribution in [0, 0.1) is 5.92 Å². The predicted molar refractivity (Wildman–Crippen MR) is 71.9 cm³/mol. The van der Waals surface area contributed by atoms with Crippen molar-refractivity contribution in [1.29, 1.82) is 0 Å². The second kappa shape index (κ2) is 6.31. The summed E-state index contributed by atoms with van der Waals surface area (Å²) in [6.07, 6.45) is 4.35. The van der Waals surface area contributed by atoms with Gasteiger partial charge in [-0.25, -0.2) is 0 Å². The zero-order chi connectivity index (χ0) is 11.2. The summed E-state index contributed by atoms with van der Waals surface area (Å²) in [4.78, 5) is 1.42. The maximum atomic E-state index is 3.35. The van der Waals surface area contributed by atoms with E-state index in [2.05, 4.69) is 36.5 Å². The van der Waals surface area contributed by atoms with E-state index in [-0.39, 0.29) is 0 Å². The van der Waals surface area contributed by atoms with Crippen LogP contribution in [0.1, 0.15) is 31.7 Å². The van der Waals surface area contributed by atoms with Crippen molar-refractivity contribution >= 4 is 11.8 Å². The van der Waals surface area contributed by atoms with Crippen LogP contribution in [-0.2, 0) is 6.54 Å². The van der Waals surface area contributed by atoms with Crippen molar-refractivity contribution < 1.29 is 0 Å². The molecule has 0 saturated heterocycles. The summed E-state index contributed by atoms with van der Waals surface area (Å²) in [5.41, 5.74) is 1.38. The van der Waals surface area contributed by atoms with Gasteiger partial charge in [-0.05, 0) is 43.0 Å². The SMILES string of the molecule is CCNCc1ccc(SCC2CCC2)cc1. The molecule has 0 aromatic heterocycles. The highest BCUT2D eigenvalue weighted by molar-refractivity contribution is 7.99. The maximum Gasteiger partial charge on any atom is 0.0205 e. The summed E-state index contributed by atoms with van der Waals surface area (Å²) in [5, 5.41) is 3.35. The van der Waals surface area contributed by atoms with Gasteiger partial charge >= 0.3 is 0 Å². The molecule has 1 saturated carbocycles. The summed E-state index contributed by atoms with van der Waals surface area (Å²) >= 11 is 2.02. The van der Waals surface area contributed by atoms with Crippen LogP contribution in [0.15, 0.2) is 29.2 Å². The average molecular weight is 235 g/mol. The Balaban J connectivity index is 1.76. The number of nitrogens with one attached hydrogen (secondary N) is 1. The van der Waals surface area contributed by atoms with Crippen molar-refractivity contribution in [3.63, 3.8) is 0 Å². The van der Waals surface area contributed by atoms with E-state index in [0.29, 0.717) is 0 Å². The molecule has 88 valence electrons. The molecule has 2 rings (SSSR count). The fraction of sp³-hybridized carbons (Fsp3) is 0.571. The molecule has 0 bridgehead atoms. The van der Waals surface area contributed by atoms with E-state index in [1.165, 1.54) is 35.5 Å². The van der Waals surface area contributed by atoms with Crippen molar-refractivity contribution in [2.45, 2.75) is 37.6 Å². The first kappa shape index (κ1) is 12.0. The van der Waals surface area contributed by atoms with E-state index in [1.54, 1.807) is 0 Å². The molecule has 0 amide bonds. The minimum atomic E-state index is 0.990. The molecule has 0 atom stereocenters. The minimum absolute atomic E-state index is 0.990.